The smallest absolute Gasteiger partial charge is 0.320 e. The summed E-state index contributed by atoms with van der Waals surface area (Å²) >= 11 is 2.45. The van der Waals surface area contributed by atoms with Gasteiger partial charge in [-0.15, -0.1) is 0 Å². The first-order valence-electron chi connectivity index (χ1n) is 12.8. The van der Waals surface area contributed by atoms with Crippen LogP contribution in [0.25, 0.3) is 0 Å². The zero-order chi connectivity index (χ0) is 33.5. The molecule has 3 aromatic rings. The van der Waals surface area contributed by atoms with Crippen LogP contribution >= 0.6 is 15.9 Å². The highest BCUT2D eigenvalue weighted by atomic mass is 79.9. The van der Waals surface area contributed by atoms with Gasteiger partial charge < -0.3 is 10.2 Å². The molecule has 0 bridgehead atoms. The number of carbonyl (C=O) groups is 2. The fourth-order valence-corrected chi connectivity index (χ4v) is 4.98. The van der Waals surface area contributed by atoms with Crippen LogP contribution in [0.15, 0.2) is 65.1 Å². The highest BCUT2D eigenvalue weighted by Gasteiger charge is 2.73. The third-order valence-electron chi connectivity index (χ3n) is 6.89. The topological polar surface area (TPSA) is 73.2 Å². The molecule has 238 valence electrons. The van der Waals surface area contributed by atoms with Crippen molar-refractivity contribution in [2.24, 2.45) is 5.92 Å². The van der Waals surface area contributed by atoms with Gasteiger partial charge in [-0.2, -0.15) is 44.8 Å². The maximum atomic E-state index is 14.6. The molecule has 0 saturated heterocycles. The highest BCUT2D eigenvalue weighted by molar-refractivity contribution is 9.10. The number of anilines is 2. The first-order chi connectivity index (χ1) is 20.8. The fraction of sp³-hybridized carbons (Fsp3) is 0.276. The second-order valence-corrected chi connectivity index (χ2v) is 10.9. The fourth-order valence-electron chi connectivity index (χ4n) is 4.42. The number of halogens is 11. The van der Waals surface area contributed by atoms with Crippen molar-refractivity contribution >= 4 is 39.1 Å². The monoisotopic (exact) mass is 709 g/mol. The van der Waals surface area contributed by atoms with Crippen LogP contribution in [0.2, 0.25) is 0 Å². The molecule has 0 aromatic heterocycles. The van der Waals surface area contributed by atoms with Gasteiger partial charge in [0.25, 0.3) is 11.8 Å². The maximum absolute atomic E-state index is 14.6. The Kier molecular flexibility index (Phi) is 9.00. The molecule has 0 aliphatic heterocycles. The summed E-state index contributed by atoms with van der Waals surface area (Å²) in [5.41, 5.74) is -12.1. The van der Waals surface area contributed by atoms with Crippen LogP contribution < -0.4 is 10.2 Å². The Labute approximate surface area is 256 Å². The third kappa shape index (κ3) is 6.77. The lowest BCUT2D eigenvalue weighted by atomic mass is 9.92. The summed E-state index contributed by atoms with van der Waals surface area (Å²) in [7, 11) is 0. The number of carbonyl (C=O) groups excluding carboxylic acids is 2. The van der Waals surface area contributed by atoms with Crippen molar-refractivity contribution in [3.05, 3.63) is 93.0 Å². The van der Waals surface area contributed by atoms with Crippen LogP contribution in [-0.4, -0.2) is 30.7 Å². The molecule has 1 fully saturated rings. The summed E-state index contributed by atoms with van der Waals surface area (Å²) < 4.78 is 135. The average molecular weight is 710 g/mol. The van der Waals surface area contributed by atoms with Crippen molar-refractivity contribution in [1.82, 2.24) is 0 Å². The molecule has 1 aliphatic rings. The van der Waals surface area contributed by atoms with E-state index in [9.17, 15) is 58.8 Å². The van der Waals surface area contributed by atoms with Gasteiger partial charge >= 0.3 is 24.2 Å². The number of benzene rings is 3. The van der Waals surface area contributed by atoms with Crippen molar-refractivity contribution in [2.45, 2.75) is 37.0 Å². The number of nitriles is 1. The second-order valence-electron chi connectivity index (χ2n) is 10.1. The number of amides is 2. The van der Waals surface area contributed by atoms with Crippen molar-refractivity contribution < 1.29 is 53.5 Å². The zero-order valence-electron chi connectivity index (χ0n) is 22.3. The minimum Gasteiger partial charge on any atom is -0.320 e. The molecule has 0 spiro atoms. The predicted octanol–water partition coefficient (Wildman–Crippen LogP) is 8.94. The van der Waals surface area contributed by atoms with Crippen molar-refractivity contribution in [3.8, 4) is 6.07 Å². The molecule has 2 amide bonds. The van der Waals surface area contributed by atoms with Gasteiger partial charge in [-0.05, 0) is 77.2 Å². The van der Waals surface area contributed by atoms with E-state index in [-0.39, 0.29) is 40.9 Å². The molecule has 3 aromatic carbocycles. The number of nitrogens with one attached hydrogen (secondary N) is 1. The van der Waals surface area contributed by atoms with E-state index in [1.165, 1.54) is 35.2 Å². The van der Waals surface area contributed by atoms with E-state index in [4.69, 9.17) is 0 Å². The largest absolute Gasteiger partial charge is 0.435 e. The molecular weight excluding hydrogens is 692 g/mol. The van der Waals surface area contributed by atoms with Crippen LogP contribution in [0.5, 0.6) is 0 Å². The van der Waals surface area contributed by atoms with E-state index in [1.54, 1.807) is 6.07 Å². The quantitative estimate of drug-likeness (QED) is 0.249. The van der Waals surface area contributed by atoms with Gasteiger partial charge in [-0.25, -0.2) is 4.39 Å². The van der Waals surface area contributed by atoms with E-state index in [1.807, 2.05) is 11.4 Å². The molecule has 1 aliphatic carbocycles. The first kappa shape index (κ1) is 33.8. The summed E-state index contributed by atoms with van der Waals surface area (Å²) in [6.45, 7) is 0.179. The molecule has 1 saturated carbocycles. The Morgan fingerprint density at radius 3 is 2.07 bits per heavy atom. The van der Waals surface area contributed by atoms with Gasteiger partial charge in [0.05, 0.1) is 28.4 Å². The van der Waals surface area contributed by atoms with Gasteiger partial charge in [-0.1, -0.05) is 18.2 Å². The number of alkyl halides is 10. The van der Waals surface area contributed by atoms with Crippen molar-refractivity contribution in [3.63, 3.8) is 0 Å². The van der Waals surface area contributed by atoms with E-state index in [0.29, 0.717) is 0 Å². The summed E-state index contributed by atoms with van der Waals surface area (Å²) in [5.74, 6) is -1.79. The van der Waals surface area contributed by atoms with Gasteiger partial charge in [0, 0.05) is 27.8 Å². The van der Waals surface area contributed by atoms with Gasteiger partial charge in [0.15, 0.2) is 0 Å². The van der Waals surface area contributed by atoms with Crippen molar-refractivity contribution in [2.75, 3.05) is 16.8 Å². The summed E-state index contributed by atoms with van der Waals surface area (Å²) in [4.78, 5) is 27.9. The highest BCUT2D eigenvalue weighted by Crippen LogP contribution is 2.55. The predicted molar refractivity (Wildman–Crippen MR) is 144 cm³/mol. The van der Waals surface area contributed by atoms with Crippen LogP contribution in [0.3, 0.4) is 0 Å². The molecule has 0 radical (unpaired) electrons. The standard InChI is InChI=1S/C29H18BrF10N3O2/c30-22-12-18(26(31,28(35,36)37)29(38,39)40)11-21(27(32,33)34)23(22)42-24(44)16-5-3-6-19(10-16)43(14-15-8-9-15)25(45)20-7-2-1-4-17(20)13-41/h1-7,10-12,15H,8-9,14H2,(H,42,44). The Hall–Kier alpha value is -4.13. The Bertz CT molecular complexity index is 1660. The number of nitrogens with zero attached hydrogens (tertiary/aromatic N) is 2. The molecule has 16 heteroatoms. The molecule has 5 nitrogen and oxygen atoms in total. The molecule has 0 heterocycles. The minimum absolute atomic E-state index is 0.0518. The molecule has 45 heavy (non-hydrogen) atoms. The molecule has 4 rings (SSSR count). The Morgan fingerprint density at radius 2 is 1.51 bits per heavy atom. The van der Waals surface area contributed by atoms with Gasteiger partial charge in [0.1, 0.15) is 0 Å². The summed E-state index contributed by atoms with van der Waals surface area (Å²) in [6, 6.07) is 12.0. The molecule has 0 unspecified atom stereocenters. The van der Waals surface area contributed by atoms with E-state index in [0.717, 1.165) is 25.0 Å². The third-order valence-corrected chi connectivity index (χ3v) is 7.52. The lowest BCUT2D eigenvalue weighted by molar-refractivity contribution is -0.348. The van der Waals surface area contributed by atoms with Crippen LogP contribution in [0.1, 0.15) is 50.2 Å². The maximum Gasteiger partial charge on any atom is 0.435 e. The number of rotatable bonds is 7. The summed E-state index contributed by atoms with van der Waals surface area (Å²) in [5, 5.41) is 11.2. The Balaban J connectivity index is 1.74. The van der Waals surface area contributed by atoms with Crippen molar-refractivity contribution in [1.29, 1.82) is 5.26 Å². The van der Waals surface area contributed by atoms with Crippen LogP contribution in [-0.2, 0) is 11.8 Å². The lowest BCUT2D eigenvalue weighted by Gasteiger charge is -2.31. The average Bonchev–Trinajstić information content (AvgIpc) is 3.78. The van der Waals surface area contributed by atoms with Gasteiger partial charge in [-0.3, -0.25) is 9.59 Å². The zero-order valence-corrected chi connectivity index (χ0v) is 23.9. The van der Waals surface area contributed by atoms with Crippen LogP contribution in [0, 0.1) is 17.2 Å². The second kappa shape index (κ2) is 12.0. The van der Waals surface area contributed by atoms with E-state index >= 15 is 0 Å². The molecule has 1 N–H and O–H groups in total. The molecular formula is C29H18BrF10N3O2. The van der Waals surface area contributed by atoms with E-state index < -0.39 is 63.4 Å². The number of hydrogen-bond acceptors (Lipinski definition) is 3. The van der Waals surface area contributed by atoms with E-state index in [2.05, 4.69) is 15.9 Å². The molecule has 0 atom stereocenters. The Morgan fingerprint density at radius 1 is 0.889 bits per heavy atom. The normalized spacial score (nSPS) is 14.1. The summed E-state index contributed by atoms with van der Waals surface area (Å²) in [6.07, 6.45) is -17.4. The minimum atomic E-state index is -6.68. The van der Waals surface area contributed by atoms with Crippen LogP contribution in [0.4, 0.5) is 55.3 Å². The lowest BCUT2D eigenvalue weighted by Crippen LogP contribution is -2.50. The number of hydrogen-bond donors (Lipinski definition) is 1. The first-order valence-corrected chi connectivity index (χ1v) is 13.5. The SMILES string of the molecule is N#Cc1ccccc1C(=O)N(CC1CC1)c1cccc(C(=O)Nc2c(Br)cc(C(F)(C(F)(F)F)C(F)(F)F)cc2C(F)(F)F)c1. The van der Waals surface area contributed by atoms with Gasteiger partial charge in [0.2, 0.25) is 0 Å².